The van der Waals surface area contributed by atoms with Gasteiger partial charge in [-0.3, -0.25) is 4.79 Å². The summed E-state index contributed by atoms with van der Waals surface area (Å²) in [4.78, 5) is 11.6. The molecule has 1 aliphatic rings. The van der Waals surface area contributed by atoms with Crippen molar-refractivity contribution >= 4 is 5.97 Å². The Kier molecular flexibility index (Phi) is 4.56. The molecule has 1 N–H and O–H groups in total. The molecule has 1 atom stereocenters. The Bertz CT molecular complexity index is 344. The van der Waals surface area contributed by atoms with Crippen molar-refractivity contribution in [2.45, 2.75) is 19.4 Å². The molecule has 1 heterocycles. The van der Waals surface area contributed by atoms with Crippen LogP contribution in [0.2, 0.25) is 0 Å². The molecule has 3 heteroatoms. The fourth-order valence-electron chi connectivity index (χ4n) is 1.99. The van der Waals surface area contributed by atoms with Crippen molar-refractivity contribution < 1.29 is 9.53 Å². The molecule has 0 aliphatic carbocycles. The SMILES string of the molecule is O=C([CH][C@@H]1CCCNC1)OCc1ccccc1. The number of benzene rings is 1. The zero-order valence-corrected chi connectivity index (χ0v) is 9.89. The van der Waals surface area contributed by atoms with Gasteiger partial charge in [0.15, 0.2) is 0 Å². The van der Waals surface area contributed by atoms with Crippen molar-refractivity contribution in [1.82, 2.24) is 5.32 Å². The molecule has 91 valence electrons. The van der Waals surface area contributed by atoms with E-state index in [-0.39, 0.29) is 5.97 Å². The lowest BCUT2D eigenvalue weighted by Crippen LogP contribution is -2.31. The Labute approximate surface area is 102 Å². The van der Waals surface area contributed by atoms with Gasteiger partial charge in [-0.05, 0) is 37.4 Å². The Balaban J connectivity index is 1.70. The van der Waals surface area contributed by atoms with E-state index in [1.54, 1.807) is 6.42 Å². The molecule has 0 aromatic heterocycles. The zero-order chi connectivity index (χ0) is 11.9. The quantitative estimate of drug-likeness (QED) is 0.806. The standard InChI is InChI=1S/C14H18NO2/c16-14(9-13-7-4-8-15-10-13)17-11-12-5-2-1-3-6-12/h1-3,5-6,9,13,15H,4,7-8,10-11H2/t13-/m0/s1. The van der Waals surface area contributed by atoms with E-state index in [2.05, 4.69) is 5.32 Å². The van der Waals surface area contributed by atoms with Crippen LogP contribution in [0.1, 0.15) is 18.4 Å². The topological polar surface area (TPSA) is 38.3 Å². The Morgan fingerprint density at radius 1 is 1.41 bits per heavy atom. The van der Waals surface area contributed by atoms with Crippen LogP contribution in [0.15, 0.2) is 30.3 Å². The minimum atomic E-state index is -0.206. The predicted octanol–water partition coefficient (Wildman–Crippen LogP) is 1.93. The maximum atomic E-state index is 11.6. The molecule has 1 aromatic rings. The minimum absolute atomic E-state index is 0.206. The van der Waals surface area contributed by atoms with E-state index in [0.717, 1.165) is 31.5 Å². The summed E-state index contributed by atoms with van der Waals surface area (Å²) in [6, 6.07) is 9.74. The van der Waals surface area contributed by atoms with Gasteiger partial charge in [0.1, 0.15) is 6.61 Å². The van der Waals surface area contributed by atoms with Gasteiger partial charge in [-0.15, -0.1) is 0 Å². The maximum Gasteiger partial charge on any atom is 0.310 e. The molecule has 0 saturated carbocycles. The van der Waals surface area contributed by atoms with Crippen molar-refractivity contribution in [3.63, 3.8) is 0 Å². The molecule has 2 rings (SSSR count). The summed E-state index contributed by atoms with van der Waals surface area (Å²) in [6.07, 6.45) is 3.91. The molecule has 0 bridgehead atoms. The zero-order valence-electron chi connectivity index (χ0n) is 9.89. The van der Waals surface area contributed by atoms with E-state index in [9.17, 15) is 4.79 Å². The van der Waals surface area contributed by atoms with Crippen LogP contribution in [0.25, 0.3) is 0 Å². The average Bonchev–Trinajstić information content (AvgIpc) is 2.39. The molecule has 1 aromatic carbocycles. The van der Waals surface area contributed by atoms with Crippen LogP contribution >= 0.6 is 0 Å². The van der Waals surface area contributed by atoms with Crippen LogP contribution in [0.4, 0.5) is 0 Å². The highest BCUT2D eigenvalue weighted by Crippen LogP contribution is 2.14. The van der Waals surface area contributed by atoms with Crippen LogP contribution in [-0.4, -0.2) is 19.1 Å². The van der Waals surface area contributed by atoms with Gasteiger partial charge < -0.3 is 10.1 Å². The number of carbonyl (C=O) groups excluding carboxylic acids is 1. The summed E-state index contributed by atoms with van der Waals surface area (Å²) in [6.45, 7) is 2.31. The first-order chi connectivity index (χ1) is 8.34. The second kappa shape index (κ2) is 6.40. The molecule has 0 spiro atoms. The Morgan fingerprint density at radius 2 is 2.24 bits per heavy atom. The van der Waals surface area contributed by atoms with Crippen LogP contribution in [-0.2, 0) is 16.1 Å². The molecular formula is C14H18NO2. The van der Waals surface area contributed by atoms with E-state index in [4.69, 9.17) is 4.74 Å². The second-order valence-corrected chi connectivity index (χ2v) is 4.37. The number of carbonyl (C=O) groups is 1. The lowest BCUT2D eigenvalue weighted by atomic mass is 9.96. The van der Waals surface area contributed by atoms with Gasteiger partial charge in [0.25, 0.3) is 0 Å². The van der Waals surface area contributed by atoms with Crippen molar-refractivity contribution in [2.24, 2.45) is 5.92 Å². The fraction of sp³-hybridized carbons (Fsp3) is 0.429. The summed E-state index contributed by atoms with van der Waals surface area (Å²) in [5.74, 6) is 0.120. The number of esters is 1. The lowest BCUT2D eigenvalue weighted by Gasteiger charge is -2.21. The van der Waals surface area contributed by atoms with Gasteiger partial charge in [0.05, 0.1) is 6.42 Å². The van der Waals surface area contributed by atoms with Crippen molar-refractivity contribution in [2.75, 3.05) is 13.1 Å². The van der Waals surface area contributed by atoms with Crippen molar-refractivity contribution in [3.05, 3.63) is 42.3 Å². The van der Waals surface area contributed by atoms with Crippen molar-refractivity contribution in [3.8, 4) is 0 Å². The second-order valence-electron chi connectivity index (χ2n) is 4.37. The van der Waals surface area contributed by atoms with E-state index in [1.807, 2.05) is 30.3 Å². The van der Waals surface area contributed by atoms with Crippen LogP contribution < -0.4 is 5.32 Å². The van der Waals surface area contributed by atoms with Gasteiger partial charge >= 0.3 is 5.97 Å². The first-order valence-corrected chi connectivity index (χ1v) is 6.11. The molecule has 0 unspecified atom stereocenters. The molecule has 17 heavy (non-hydrogen) atoms. The van der Waals surface area contributed by atoms with E-state index >= 15 is 0 Å². The smallest absolute Gasteiger partial charge is 0.310 e. The molecule has 1 saturated heterocycles. The third-order valence-electron chi connectivity index (χ3n) is 2.93. The fourth-order valence-corrected chi connectivity index (χ4v) is 1.99. The minimum Gasteiger partial charge on any atom is -0.461 e. The number of ether oxygens (including phenoxy) is 1. The van der Waals surface area contributed by atoms with Gasteiger partial charge in [-0.25, -0.2) is 0 Å². The van der Waals surface area contributed by atoms with Crippen LogP contribution in [0.5, 0.6) is 0 Å². The highest BCUT2D eigenvalue weighted by Gasteiger charge is 2.17. The summed E-state index contributed by atoms with van der Waals surface area (Å²) in [7, 11) is 0. The summed E-state index contributed by atoms with van der Waals surface area (Å²) < 4.78 is 5.21. The van der Waals surface area contributed by atoms with Gasteiger partial charge in [-0.1, -0.05) is 30.3 Å². The van der Waals surface area contributed by atoms with E-state index in [0.29, 0.717) is 12.5 Å². The Morgan fingerprint density at radius 3 is 2.94 bits per heavy atom. The molecule has 1 fully saturated rings. The molecular weight excluding hydrogens is 214 g/mol. The number of hydrogen-bond acceptors (Lipinski definition) is 3. The van der Waals surface area contributed by atoms with Gasteiger partial charge in [0, 0.05) is 0 Å². The van der Waals surface area contributed by atoms with E-state index < -0.39 is 0 Å². The summed E-state index contributed by atoms with van der Waals surface area (Å²) in [5, 5.41) is 3.27. The number of piperidine rings is 1. The average molecular weight is 232 g/mol. The first-order valence-electron chi connectivity index (χ1n) is 6.11. The normalized spacial score (nSPS) is 19.9. The van der Waals surface area contributed by atoms with Crippen LogP contribution in [0, 0.1) is 12.3 Å². The van der Waals surface area contributed by atoms with Gasteiger partial charge in [0.2, 0.25) is 0 Å². The van der Waals surface area contributed by atoms with Crippen molar-refractivity contribution in [1.29, 1.82) is 0 Å². The monoisotopic (exact) mass is 232 g/mol. The highest BCUT2D eigenvalue weighted by molar-refractivity contribution is 5.79. The van der Waals surface area contributed by atoms with Gasteiger partial charge in [-0.2, -0.15) is 0 Å². The molecule has 3 nitrogen and oxygen atoms in total. The highest BCUT2D eigenvalue weighted by atomic mass is 16.5. The number of hydrogen-bond donors (Lipinski definition) is 1. The van der Waals surface area contributed by atoms with E-state index in [1.165, 1.54) is 0 Å². The third kappa shape index (κ3) is 4.19. The maximum absolute atomic E-state index is 11.6. The number of nitrogens with one attached hydrogen (secondary N) is 1. The predicted molar refractivity (Wildman–Crippen MR) is 66.1 cm³/mol. The Hall–Kier alpha value is -1.35. The number of rotatable bonds is 4. The molecule has 0 amide bonds. The summed E-state index contributed by atoms with van der Waals surface area (Å²) >= 11 is 0. The third-order valence-corrected chi connectivity index (χ3v) is 2.93. The molecule has 1 aliphatic heterocycles. The van der Waals surface area contributed by atoms with Crippen LogP contribution in [0.3, 0.4) is 0 Å². The summed E-state index contributed by atoms with van der Waals surface area (Å²) in [5.41, 5.74) is 1.02. The largest absolute Gasteiger partial charge is 0.461 e. The lowest BCUT2D eigenvalue weighted by molar-refractivity contribution is -0.141. The molecule has 1 radical (unpaired) electrons. The first kappa shape index (κ1) is 12.1.